The van der Waals surface area contributed by atoms with Crippen LogP contribution >= 0.6 is 0 Å². The van der Waals surface area contributed by atoms with Crippen LogP contribution in [0.5, 0.6) is 11.5 Å². The SMILES string of the molecule is Cc1cccc(C)c1OCC(=O)N/N=C\c1ccc(OCC(=O)Nc2ccccc2)cc1. The van der Waals surface area contributed by atoms with Gasteiger partial charge in [-0.15, -0.1) is 0 Å². The number of nitrogens with one attached hydrogen (secondary N) is 2. The molecule has 3 aromatic rings. The second-order valence-corrected chi connectivity index (χ2v) is 7.07. The molecule has 32 heavy (non-hydrogen) atoms. The third kappa shape index (κ3) is 6.98. The number of benzene rings is 3. The summed E-state index contributed by atoms with van der Waals surface area (Å²) in [5, 5.41) is 6.69. The molecule has 0 saturated heterocycles. The number of carbonyl (C=O) groups excluding carboxylic acids is 2. The van der Waals surface area contributed by atoms with Gasteiger partial charge in [0.25, 0.3) is 11.8 Å². The maximum absolute atomic E-state index is 12.0. The first kappa shape index (κ1) is 22.6. The van der Waals surface area contributed by atoms with Crippen molar-refractivity contribution in [2.24, 2.45) is 5.10 Å². The van der Waals surface area contributed by atoms with Crippen LogP contribution in [0.3, 0.4) is 0 Å². The lowest BCUT2D eigenvalue weighted by Crippen LogP contribution is -2.25. The molecule has 7 heteroatoms. The molecular weight excluding hydrogens is 406 g/mol. The Bertz CT molecular complexity index is 1060. The van der Waals surface area contributed by atoms with Crippen LogP contribution in [0.1, 0.15) is 16.7 Å². The van der Waals surface area contributed by atoms with Crippen molar-refractivity contribution in [3.63, 3.8) is 0 Å². The minimum atomic E-state index is -0.353. The third-order valence-corrected chi connectivity index (χ3v) is 4.47. The van der Waals surface area contributed by atoms with Gasteiger partial charge in [-0.25, -0.2) is 5.43 Å². The fourth-order valence-corrected chi connectivity index (χ4v) is 2.89. The predicted octanol–water partition coefficient (Wildman–Crippen LogP) is 3.85. The number of amides is 2. The standard InChI is InChI=1S/C25H25N3O4/c1-18-7-6-8-19(2)25(18)32-17-24(30)28-26-15-20-11-13-22(14-12-20)31-16-23(29)27-21-9-4-3-5-10-21/h3-15H,16-17H2,1-2H3,(H,27,29)(H,28,30)/b26-15-. The van der Waals surface area contributed by atoms with Crippen molar-refractivity contribution in [2.45, 2.75) is 13.8 Å². The van der Waals surface area contributed by atoms with Crippen molar-refractivity contribution in [3.05, 3.63) is 89.5 Å². The maximum Gasteiger partial charge on any atom is 0.277 e. The molecule has 3 rings (SSSR count). The average Bonchev–Trinajstić information content (AvgIpc) is 2.79. The third-order valence-electron chi connectivity index (χ3n) is 4.47. The molecule has 3 aromatic carbocycles. The van der Waals surface area contributed by atoms with Crippen LogP contribution in [0, 0.1) is 13.8 Å². The molecule has 0 heterocycles. The van der Waals surface area contributed by atoms with Gasteiger partial charge in [0.2, 0.25) is 0 Å². The number of carbonyl (C=O) groups is 2. The smallest absolute Gasteiger partial charge is 0.277 e. The van der Waals surface area contributed by atoms with Gasteiger partial charge in [-0.05, 0) is 66.9 Å². The Morgan fingerprint density at radius 1 is 0.812 bits per heavy atom. The van der Waals surface area contributed by atoms with Crippen LogP contribution < -0.4 is 20.2 Å². The van der Waals surface area contributed by atoms with Crippen LogP contribution in [0.25, 0.3) is 0 Å². The minimum absolute atomic E-state index is 0.0985. The summed E-state index contributed by atoms with van der Waals surface area (Å²) in [4.78, 5) is 23.9. The zero-order chi connectivity index (χ0) is 22.8. The van der Waals surface area contributed by atoms with Crippen LogP contribution in [0.4, 0.5) is 5.69 Å². The number of nitrogens with zero attached hydrogens (tertiary/aromatic N) is 1. The summed E-state index contributed by atoms with van der Waals surface area (Å²) in [7, 11) is 0. The van der Waals surface area contributed by atoms with Gasteiger partial charge in [0.15, 0.2) is 13.2 Å². The zero-order valence-corrected chi connectivity index (χ0v) is 18.0. The van der Waals surface area contributed by atoms with Crippen molar-refractivity contribution in [1.29, 1.82) is 0 Å². The molecule has 164 valence electrons. The van der Waals surface area contributed by atoms with E-state index in [2.05, 4.69) is 15.8 Å². The molecule has 0 saturated carbocycles. The average molecular weight is 431 g/mol. The van der Waals surface area contributed by atoms with E-state index in [-0.39, 0.29) is 25.0 Å². The number of ether oxygens (including phenoxy) is 2. The molecule has 0 unspecified atom stereocenters. The molecule has 0 radical (unpaired) electrons. The number of hydrogen-bond acceptors (Lipinski definition) is 5. The molecule has 7 nitrogen and oxygen atoms in total. The summed E-state index contributed by atoms with van der Waals surface area (Å²) in [5.41, 5.74) is 5.87. The highest BCUT2D eigenvalue weighted by molar-refractivity contribution is 5.91. The van der Waals surface area contributed by atoms with Gasteiger partial charge in [-0.1, -0.05) is 36.4 Å². The van der Waals surface area contributed by atoms with E-state index in [1.807, 2.05) is 50.2 Å². The molecule has 0 aliphatic carbocycles. The molecule has 0 aromatic heterocycles. The summed E-state index contributed by atoms with van der Waals surface area (Å²) in [6.45, 7) is 3.64. The van der Waals surface area contributed by atoms with E-state index in [9.17, 15) is 9.59 Å². The monoisotopic (exact) mass is 431 g/mol. The van der Waals surface area contributed by atoms with Gasteiger partial charge in [0.05, 0.1) is 6.21 Å². The van der Waals surface area contributed by atoms with Gasteiger partial charge < -0.3 is 14.8 Å². The summed E-state index contributed by atoms with van der Waals surface area (Å²) in [6, 6.07) is 22.0. The minimum Gasteiger partial charge on any atom is -0.484 e. The number of hydrazone groups is 1. The fourth-order valence-electron chi connectivity index (χ4n) is 2.89. The Balaban J connectivity index is 1.40. The van der Waals surface area contributed by atoms with Crippen LogP contribution in [-0.2, 0) is 9.59 Å². The first-order valence-corrected chi connectivity index (χ1v) is 10.1. The van der Waals surface area contributed by atoms with Gasteiger partial charge in [0.1, 0.15) is 11.5 Å². The fraction of sp³-hybridized carbons (Fsp3) is 0.160. The predicted molar refractivity (Wildman–Crippen MR) is 124 cm³/mol. The van der Waals surface area contributed by atoms with Gasteiger partial charge in [-0.3, -0.25) is 9.59 Å². The Labute approximate surface area is 187 Å². The van der Waals surface area contributed by atoms with E-state index in [1.165, 1.54) is 6.21 Å². The lowest BCUT2D eigenvalue weighted by Gasteiger charge is -2.10. The van der Waals surface area contributed by atoms with Crippen molar-refractivity contribution in [1.82, 2.24) is 5.43 Å². The number of hydrogen-bond donors (Lipinski definition) is 2. The number of aryl methyl sites for hydroxylation is 2. The molecule has 2 N–H and O–H groups in total. The second kappa shape index (κ2) is 11.3. The van der Waals surface area contributed by atoms with Crippen LogP contribution in [-0.4, -0.2) is 31.2 Å². The number of para-hydroxylation sites is 2. The quantitative estimate of drug-likeness (QED) is 0.398. The van der Waals surface area contributed by atoms with Crippen molar-refractivity contribution in [3.8, 4) is 11.5 Å². The van der Waals surface area contributed by atoms with Crippen molar-refractivity contribution < 1.29 is 19.1 Å². The number of anilines is 1. The normalized spacial score (nSPS) is 10.6. The maximum atomic E-state index is 12.0. The van der Waals surface area contributed by atoms with Crippen molar-refractivity contribution >= 4 is 23.7 Å². The topological polar surface area (TPSA) is 89.0 Å². The van der Waals surface area contributed by atoms with Crippen LogP contribution in [0.2, 0.25) is 0 Å². The van der Waals surface area contributed by atoms with Crippen LogP contribution in [0.15, 0.2) is 77.9 Å². The molecule has 2 amide bonds. The highest BCUT2D eigenvalue weighted by Gasteiger charge is 2.07. The highest BCUT2D eigenvalue weighted by atomic mass is 16.5. The second-order valence-electron chi connectivity index (χ2n) is 7.07. The number of rotatable bonds is 9. The summed E-state index contributed by atoms with van der Waals surface area (Å²) in [6.07, 6.45) is 1.52. The molecule has 0 fully saturated rings. The van der Waals surface area contributed by atoms with E-state index in [4.69, 9.17) is 9.47 Å². The van der Waals surface area contributed by atoms with E-state index in [0.29, 0.717) is 17.2 Å². The molecular formula is C25H25N3O4. The van der Waals surface area contributed by atoms with Gasteiger partial charge >= 0.3 is 0 Å². The van der Waals surface area contributed by atoms with E-state index in [1.54, 1.807) is 36.4 Å². The lowest BCUT2D eigenvalue weighted by atomic mass is 10.1. The summed E-state index contributed by atoms with van der Waals surface area (Å²) < 4.78 is 11.1. The van der Waals surface area contributed by atoms with E-state index in [0.717, 1.165) is 16.7 Å². The summed E-state index contributed by atoms with van der Waals surface area (Å²) >= 11 is 0. The Morgan fingerprint density at radius 3 is 2.16 bits per heavy atom. The highest BCUT2D eigenvalue weighted by Crippen LogP contribution is 2.22. The first-order valence-electron chi connectivity index (χ1n) is 10.1. The Morgan fingerprint density at radius 2 is 1.47 bits per heavy atom. The van der Waals surface area contributed by atoms with Gasteiger partial charge in [-0.2, -0.15) is 5.10 Å². The lowest BCUT2D eigenvalue weighted by molar-refractivity contribution is -0.123. The Hall–Kier alpha value is -4.13. The molecule has 0 atom stereocenters. The molecule has 0 spiro atoms. The molecule has 0 aliphatic heterocycles. The zero-order valence-electron chi connectivity index (χ0n) is 18.0. The van der Waals surface area contributed by atoms with E-state index < -0.39 is 0 Å². The Kier molecular flexibility index (Phi) is 7.97. The van der Waals surface area contributed by atoms with Crippen molar-refractivity contribution in [2.75, 3.05) is 18.5 Å². The molecule has 0 bridgehead atoms. The van der Waals surface area contributed by atoms with Gasteiger partial charge in [0, 0.05) is 5.69 Å². The largest absolute Gasteiger partial charge is 0.484 e. The molecule has 0 aliphatic rings. The van der Waals surface area contributed by atoms with E-state index >= 15 is 0 Å². The summed E-state index contributed by atoms with van der Waals surface area (Å²) in [5.74, 6) is 0.664. The first-order chi connectivity index (χ1) is 15.5.